The second kappa shape index (κ2) is 5.82. The second-order valence-electron chi connectivity index (χ2n) is 3.25. The van der Waals surface area contributed by atoms with E-state index in [-0.39, 0.29) is 5.91 Å². The first-order valence-corrected chi connectivity index (χ1v) is 6.02. The Hall–Kier alpha value is -0.940. The highest BCUT2D eigenvalue weighted by Crippen LogP contribution is 2.19. The van der Waals surface area contributed by atoms with Gasteiger partial charge in [-0.25, -0.2) is 5.84 Å². The van der Waals surface area contributed by atoms with E-state index in [0.717, 1.165) is 29.3 Å². The summed E-state index contributed by atoms with van der Waals surface area (Å²) in [6.07, 6.45) is 1.14. The minimum absolute atomic E-state index is 0.310. The van der Waals surface area contributed by atoms with E-state index in [0.29, 0.717) is 5.76 Å². The van der Waals surface area contributed by atoms with Crippen LogP contribution in [0.15, 0.2) is 10.5 Å². The van der Waals surface area contributed by atoms with Gasteiger partial charge < -0.3 is 4.42 Å². The van der Waals surface area contributed by atoms with Crippen LogP contribution in [0.4, 0.5) is 0 Å². The molecule has 0 spiro atoms. The summed E-state index contributed by atoms with van der Waals surface area (Å²) in [6, 6.07) is 1.88. The minimum Gasteiger partial charge on any atom is -0.455 e. The molecule has 4 nitrogen and oxygen atoms in total. The molecule has 0 saturated carbocycles. The third kappa shape index (κ3) is 3.28. The van der Waals surface area contributed by atoms with Crippen LogP contribution in [0, 0.1) is 6.92 Å². The number of thioether (sulfide) groups is 1. The highest BCUT2D eigenvalue weighted by atomic mass is 32.2. The van der Waals surface area contributed by atoms with Gasteiger partial charge in [-0.05, 0) is 25.2 Å². The summed E-state index contributed by atoms with van der Waals surface area (Å²) in [5.41, 5.74) is 2.89. The number of furan rings is 1. The van der Waals surface area contributed by atoms with E-state index in [2.05, 4.69) is 12.3 Å². The molecule has 1 rings (SSSR count). The van der Waals surface area contributed by atoms with E-state index in [1.165, 1.54) is 0 Å². The van der Waals surface area contributed by atoms with Crippen LogP contribution in [0.25, 0.3) is 0 Å². The fourth-order valence-corrected chi connectivity index (χ4v) is 2.00. The number of rotatable bonds is 5. The van der Waals surface area contributed by atoms with Gasteiger partial charge in [-0.2, -0.15) is 11.8 Å². The van der Waals surface area contributed by atoms with Gasteiger partial charge in [0, 0.05) is 5.56 Å². The molecule has 0 aliphatic heterocycles. The van der Waals surface area contributed by atoms with Gasteiger partial charge in [-0.1, -0.05) is 6.92 Å². The monoisotopic (exact) mass is 228 g/mol. The lowest BCUT2D eigenvalue weighted by Crippen LogP contribution is -2.30. The molecule has 0 radical (unpaired) electrons. The molecule has 5 heteroatoms. The van der Waals surface area contributed by atoms with Crippen LogP contribution < -0.4 is 11.3 Å². The van der Waals surface area contributed by atoms with Crippen LogP contribution in [-0.2, 0) is 5.75 Å². The predicted molar refractivity (Wildman–Crippen MR) is 61.6 cm³/mol. The van der Waals surface area contributed by atoms with Crippen molar-refractivity contribution in [2.24, 2.45) is 5.84 Å². The maximum absolute atomic E-state index is 11.2. The molecule has 1 amide bonds. The van der Waals surface area contributed by atoms with Crippen LogP contribution in [-0.4, -0.2) is 11.7 Å². The van der Waals surface area contributed by atoms with Crippen molar-refractivity contribution in [3.05, 3.63) is 23.2 Å². The third-order valence-electron chi connectivity index (χ3n) is 1.90. The maximum Gasteiger partial charge on any atom is 0.301 e. The Kier molecular flexibility index (Phi) is 4.71. The van der Waals surface area contributed by atoms with Crippen molar-refractivity contribution in [2.75, 3.05) is 5.75 Å². The number of hydrogen-bond donors (Lipinski definition) is 2. The first-order chi connectivity index (χ1) is 7.19. The van der Waals surface area contributed by atoms with Crippen molar-refractivity contribution in [1.29, 1.82) is 0 Å². The Labute approximate surface area is 93.6 Å². The Morgan fingerprint density at radius 1 is 1.67 bits per heavy atom. The van der Waals surface area contributed by atoms with Gasteiger partial charge in [0.15, 0.2) is 5.76 Å². The summed E-state index contributed by atoms with van der Waals surface area (Å²) in [5, 5.41) is 0. The number of hydrogen-bond acceptors (Lipinski definition) is 4. The molecule has 0 aliphatic carbocycles. The zero-order valence-corrected chi connectivity index (χ0v) is 9.82. The van der Waals surface area contributed by atoms with E-state index >= 15 is 0 Å². The lowest BCUT2D eigenvalue weighted by molar-refractivity contribution is 0.0923. The minimum atomic E-state index is -0.376. The molecule has 1 heterocycles. The van der Waals surface area contributed by atoms with Crippen molar-refractivity contribution in [3.63, 3.8) is 0 Å². The van der Waals surface area contributed by atoms with Crippen molar-refractivity contribution >= 4 is 17.7 Å². The fourth-order valence-electron chi connectivity index (χ4n) is 1.23. The van der Waals surface area contributed by atoms with E-state index in [1.807, 2.05) is 13.0 Å². The molecule has 0 aliphatic rings. The highest BCUT2D eigenvalue weighted by Gasteiger charge is 2.14. The first kappa shape index (κ1) is 12.1. The van der Waals surface area contributed by atoms with E-state index in [9.17, 15) is 4.79 Å². The Balaban J connectivity index is 2.64. The fraction of sp³-hybridized carbons (Fsp3) is 0.500. The zero-order valence-electron chi connectivity index (χ0n) is 9.00. The summed E-state index contributed by atoms with van der Waals surface area (Å²) >= 11 is 1.79. The SMILES string of the molecule is CCCSCc1cc(C)c(C(=O)NN)o1. The number of carbonyl (C=O) groups excluding carboxylic acids is 1. The molecule has 1 aromatic rings. The lowest BCUT2D eigenvalue weighted by Gasteiger charge is -1.96. The molecule has 0 saturated heterocycles. The van der Waals surface area contributed by atoms with Gasteiger partial charge in [-0.3, -0.25) is 10.2 Å². The summed E-state index contributed by atoms with van der Waals surface area (Å²) in [7, 11) is 0. The Morgan fingerprint density at radius 3 is 3.00 bits per heavy atom. The molecule has 0 bridgehead atoms. The van der Waals surface area contributed by atoms with Crippen molar-refractivity contribution < 1.29 is 9.21 Å². The van der Waals surface area contributed by atoms with Gasteiger partial charge in [-0.15, -0.1) is 0 Å². The Bertz CT molecular complexity index is 336. The van der Waals surface area contributed by atoms with E-state index in [1.54, 1.807) is 11.8 Å². The first-order valence-electron chi connectivity index (χ1n) is 4.87. The second-order valence-corrected chi connectivity index (χ2v) is 4.36. The lowest BCUT2D eigenvalue weighted by atomic mass is 10.2. The number of nitrogens with one attached hydrogen (secondary N) is 1. The van der Waals surface area contributed by atoms with E-state index in [4.69, 9.17) is 10.3 Å². The largest absolute Gasteiger partial charge is 0.455 e. The average Bonchev–Trinajstić information content (AvgIpc) is 2.59. The molecule has 1 aromatic heterocycles. The normalized spacial score (nSPS) is 10.3. The van der Waals surface area contributed by atoms with Crippen molar-refractivity contribution in [1.82, 2.24) is 5.43 Å². The molecular weight excluding hydrogens is 212 g/mol. The molecule has 0 atom stereocenters. The van der Waals surface area contributed by atoms with Crippen LogP contribution in [0.1, 0.15) is 35.2 Å². The maximum atomic E-state index is 11.2. The summed E-state index contributed by atoms with van der Waals surface area (Å²) in [4.78, 5) is 11.2. The van der Waals surface area contributed by atoms with Gasteiger partial charge in [0.25, 0.3) is 0 Å². The quantitative estimate of drug-likeness (QED) is 0.349. The molecule has 3 N–H and O–H groups in total. The molecule has 0 fully saturated rings. The number of amides is 1. The summed E-state index contributed by atoms with van der Waals surface area (Å²) in [5.74, 6) is 7.69. The van der Waals surface area contributed by atoms with Gasteiger partial charge in [0.2, 0.25) is 0 Å². The van der Waals surface area contributed by atoms with Crippen LogP contribution in [0.5, 0.6) is 0 Å². The van der Waals surface area contributed by atoms with Crippen LogP contribution in [0.3, 0.4) is 0 Å². The molecule has 0 unspecified atom stereocenters. The van der Waals surface area contributed by atoms with Crippen LogP contribution >= 0.6 is 11.8 Å². The molecule has 15 heavy (non-hydrogen) atoms. The topological polar surface area (TPSA) is 68.3 Å². The molecule has 0 aromatic carbocycles. The zero-order chi connectivity index (χ0) is 11.3. The van der Waals surface area contributed by atoms with Crippen molar-refractivity contribution in [2.45, 2.75) is 26.0 Å². The van der Waals surface area contributed by atoms with Gasteiger partial charge >= 0.3 is 5.91 Å². The van der Waals surface area contributed by atoms with Gasteiger partial charge in [0.1, 0.15) is 5.76 Å². The number of aryl methyl sites for hydroxylation is 1. The average molecular weight is 228 g/mol. The Morgan fingerprint density at radius 2 is 2.40 bits per heavy atom. The third-order valence-corrected chi connectivity index (χ3v) is 3.08. The van der Waals surface area contributed by atoms with Crippen molar-refractivity contribution in [3.8, 4) is 0 Å². The predicted octanol–water partition coefficient (Wildman–Crippen LogP) is 1.83. The standard InChI is InChI=1S/C10H16N2O2S/c1-3-4-15-6-8-5-7(2)9(14-8)10(13)12-11/h5H,3-4,6,11H2,1-2H3,(H,12,13). The summed E-state index contributed by atoms with van der Waals surface area (Å²) in [6.45, 7) is 3.97. The highest BCUT2D eigenvalue weighted by molar-refractivity contribution is 7.98. The molecular formula is C10H16N2O2S. The van der Waals surface area contributed by atoms with Crippen LogP contribution in [0.2, 0.25) is 0 Å². The smallest absolute Gasteiger partial charge is 0.301 e. The number of nitrogens with two attached hydrogens (primary N) is 1. The van der Waals surface area contributed by atoms with E-state index < -0.39 is 0 Å². The van der Waals surface area contributed by atoms with Gasteiger partial charge in [0.05, 0.1) is 5.75 Å². The number of carbonyl (C=O) groups is 1. The number of hydrazine groups is 1. The number of nitrogen functional groups attached to an aromatic ring is 1. The molecule has 84 valence electrons. The summed E-state index contributed by atoms with van der Waals surface area (Å²) < 4.78 is 5.40.